The molecule has 0 rings (SSSR count). The molecule has 0 amide bonds. The molecule has 0 radical (unpaired) electrons. The fourth-order valence-electron chi connectivity index (χ4n) is 4.06. The summed E-state index contributed by atoms with van der Waals surface area (Å²) in [7, 11) is -3.93. The average molecular weight is 445 g/mol. The summed E-state index contributed by atoms with van der Waals surface area (Å²) in [6.07, 6.45) is 32.5. The number of unbranched alkanes of at least 4 members (excludes halogenated alkanes) is 22. The van der Waals surface area contributed by atoms with Crippen LogP contribution in [0.4, 0.5) is 0 Å². The molecule has 0 aromatic rings. The van der Waals surface area contributed by atoms with Crippen LogP contribution in [-0.4, -0.2) is 13.0 Å². The van der Waals surface area contributed by atoms with E-state index in [1.807, 2.05) is 0 Å². The van der Waals surface area contributed by atoms with Crippen LogP contribution in [0.25, 0.3) is 0 Å². The van der Waals surface area contributed by atoms with E-state index in [0.29, 0.717) is 0 Å². The van der Waals surface area contributed by atoms with Crippen LogP contribution in [-0.2, 0) is 10.1 Å². The Kier molecular flexibility index (Phi) is 23.0. The van der Waals surface area contributed by atoms with Crippen LogP contribution in [0.1, 0.15) is 155 Å². The Morgan fingerprint density at radius 3 is 1.03 bits per heavy atom. The van der Waals surface area contributed by atoms with Crippen molar-refractivity contribution < 1.29 is 13.0 Å². The normalized spacial score (nSPS) is 12.2. The molecule has 0 heterocycles. The van der Waals surface area contributed by atoms with Crippen LogP contribution >= 0.6 is 0 Å². The summed E-state index contributed by atoms with van der Waals surface area (Å²) >= 11 is 0. The third kappa shape index (κ3) is 27.6. The highest BCUT2D eigenvalue weighted by atomic mass is 32.2. The molecule has 3 nitrogen and oxygen atoms in total. The Balaban J connectivity index is 3.07. The molecule has 0 fully saturated rings. The van der Waals surface area contributed by atoms with E-state index in [9.17, 15) is 8.42 Å². The first-order valence-electron chi connectivity index (χ1n) is 13.2. The molecule has 0 bridgehead atoms. The van der Waals surface area contributed by atoms with Crippen molar-refractivity contribution in [2.24, 2.45) is 0 Å². The van der Waals surface area contributed by atoms with Crippen molar-refractivity contribution in [3.63, 3.8) is 0 Å². The zero-order valence-corrected chi connectivity index (χ0v) is 20.9. The molecule has 0 atom stereocenters. The minimum atomic E-state index is -3.93. The van der Waals surface area contributed by atoms with Crippen molar-refractivity contribution in [3.8, 4) is 0 Å². The molecule has 0 aliphatic rings. The van der Waals surface area contributed by atoms with Crippen LogP contribution in [0.2, 0.25) is 0 Å². The second-order valence-electron chi connectivity index (χ2n) is 9.10. The molecule has 0 aromatic carbocycles. The first-order chi connectivity index (χ1) is 14.6. The van der Waals surface area contributed by atoms with Crippen molar-refractivity contribution in [2.45, 2.75) is 155 Å². The lowest BCUT2D eigenvalue weighted by Gasteiger charge is -2.04. The summed E-state index contributed by atoms with van der Waals surface area (Å²) in [5.74, 6) is 0. The predicted octanol–water partition coefficient (Wildman–Crippen LogP) is 9.38. The van der Waals surface area contributed by atoms with Gasteiger partial charge in [-0.25, -0.2) is 0 Å². The zero-order valence-electron chi connectivity index (χ0n) is 20.1. The van der Waals surface area contributed by atoms with Crippen molar-refractivity contribution in [1.29, 1.82) is 0 Å². The van der Waals surface area contributed by atoms with Crippen LogP contribution in [0.3, 0.4) is 0 Å². The number of allylic oxidation sites excluding steroid dienone is 1. The minimum Gasteiger partial charge on any atom is -0.282 e. The number of hydrogen-bond donors (Lipinski definition) is 1. The summed E-state index contributed by atoms with van der Waals surface area (Å²) in [4.78, 5) is 0. The van der Waals surface area contributed by atoms with Crippen molar-refractivity contribution in [1.82, 2.24) is 0 Å². The molecule has 0 aromatic heterocycles. The van der Waals surface area contributed by atoms with Crippen LogP contribution in [0, 0.1) is 0 Å². The van der Waals surface area contributed by atoms with E-state index < -0.39 is 10.1 Å². The van der Waals surface area contributed by atoms with Gasteiger partial charge in [-0.15, -0.1) is 0 Å². The van der Waals surface area contributed by atoms with Gasteiger partial charge in [-0.1, -0.05) is 148 Å². The highest BCUT2D eigenvalue weighted by Crippen LogP contribution is 2.15. The Morgan fingerprint density at radius 2 is 0.767 bits per heavy atom. The smallest absolute Gasteiger partial charge is 0.282 e. The van der Waals surface area contributed by atoms with Gasteiger partial charge in [0.1, 0.15) is 0 Å². The molecule has 4 heteroatoms. The molecule has 0 unspecified atom stereocenters. The third-order valence-electron chi connectivity index (χ3n) is 5.99. The van der Waals surface area contributed by atoms with E-state index in [4.69, 9.17) is 4.55 Å². The molecule has 0 saturated carbocycles. The lowest BCUT2D eigenvalue weighted by atomic mass is 10.0. The van der Waals surface area contributed by atoms with Crippen LogP contribution < -0.4 is 0 Å². The number of rotatable bonds is 24. The second-order valence-corrected chi connectivity index (χ2v) is 10.4. The predicted molar refractivity (Wildman–Crippen MR) is 133 cm³/mol. The van der Waals surface area contributed by atoms with Crippen molar-refractivity contribution >= 4 is 10.1 Å². The SMILES string of the molecule is CCCCCCCCCCCCCCCCCCCCCCCCC=CS(=O)(=O)O. The molecule has 0 saturated heterocycles. The first-order valence-corrected chi connectivity index (χ1v) is 14.7. The van der Waals surface area contributed by atoms with Gasteiger partial charge in [0.05, 0.1) is 5.41 Å². The van der Waals surface area contributed by atoms with Gasteiger partial charge in [0.25, 0.3) is 10.1 Å². The highest BCUT2D eigenvalue weighted by molar-refractivity contribution is 7.88. The lowest BCUT2D eigenvalue weighted by molar-refractivity contribution is 0.494. The first kappa shape index (κ1) is 29.7. The molecule has 0 aliphatic carbocycles. The monoisotopic (exact) mass is 444 g/mol. The molecule has 180 valence electrons. The van der Waals surface area contributed by atoms with Crippen molar-refractivity contribution in [3.05, 3.63) is 11.5 Å². The maximum absolute atomic E-state index is 10.5. The van der Waals surface area contributed by atoms with Crippen LogP contribution in [0.5, 0.6) is 0 Å². The average Bonchev–Trinajstić information content (AvgIpc) is 2.70. The maximum Gasteiger partial charge on any atom is 0.287 e. The Morgan fingerprint density at radius 1 is 0.500 bits per heavy atom. The Bertz CT molecular complexity index is 457. The quantitative estimate of drug-likeness (QED) is 0.119. The molecule has 0 aliphatic heterocycles. The Hall–Kier alpha value is -0.350. The number of hydrogen-bond acceptors (Lipinski definition) is 2. The second kappa shape index (κ2) is 23.3. The van der Waals surface area contributed by atoms with E-state index >= 15 is 0 Å². The van der Waals surface area contributed by atoms with E-state index in [-0.39, 0.29) is 0 Å². The summed E-state index contributed by atoms with van der Waals surface area (Å²) in [6.45, 7) is 2.29. The van der Waals surface area contributed by atoms with E-state index in [1.54, 1.807) is 6.08 Å². The molecule has 0 spiro atoms. The van der Waals surface area contributed by atoms with Gasteiger partial charge in [0.15, 0.2) is 0 Å². The maximum atomic E-state index is 10.5. The Labute approximate surface area is 189 Å². The minimum absolute atomic E-state index is 0.735. The van der Waals surface area contributed by atoms with E-state index in [0.717, 1.165) is 24.7 Å². The van der Waals surface area contributed by atoms with E-state index in [2.05, 4.69) is 6.92 Å². The van der Waals surface area contributed by atoms with Gasteiger partial charge in [0, 0.05) is 0 Å². The van der Waals surface area contributed by atoms with Gasteiger partial charge >= 0.3 is 0 Å². The summed E-state index contributed by atoms with van der Waals surface area (Å²) < 4.78 is 29.6. The largest absolute Gasteiger partial charge is 0.287 e. The fraction of sp³-hybridized carbons (Fsp3) is 0.923. The van der Waals surface area contributed by atoms with Gasteiger partial charge in [-0.05, 0) is 12.8 Å². The molecule has 1 N–H and O–H groups in total. The van der Waals surface area contributed by atoms with Crippen molar-refractivity contribution in [2.75, 3.05) is 0 Å². The summed E-state index contributed by atoms with van der Waals surface area (Å²) in [5, 5.41) is 0.893. The van der Waals surface area contributed by atoms with Gasteiger partial charge in [-0.2, -0.15) is 8.42 Å². The third-order valence-corrected chi connectivity index (χ3v) is 6.53. The van der Waals surface area contributed by atoms with Gasteiger partial charge < -0.3 is 0 Å². The summed E-state index contributed by atoms with van der Waals surface area (Å²) in [6, 6.07) is 0. The molecule has 30 heavy (non-hydrogen) atoms. The fourth-order valence-corrected chi connectivity index (χ4v) is 4.44. The lowest BCUT2D eigenvalue weighted by Crippen LogP contribution is -1.89. The van der Waals surface area contributed by atoms with Gasteiger partial charge in [-0.3, -0.25) is 4.55 Å². The van der Waals surface area contributed by atoms with Gasteiger partial charge in [0.2, 0.25) is 0 Å². The molecular weight excluding hydrogens is 392 g/mol. The van der Waals surface area contributed by atoms with E-state index in [1.165, 1.54) is 128 Å². The highest BCUT2D eigenvalue weighted by Gasteiger charge is 1.96. The molecular formula is C26H52O3S. The zero-order chi connectivity index (χ0) is 22.2. The topological polar surface area (TPSA) is 54.4 Å². The standard InChI is InChI=1S/C26H52O3S/c1-2-3-4-5-6-7-8-9-10-11-12-13-14-15-16-17-18-19-20-21-22-23-24-25-26-30(27,28)29/h25-26H,2-24H2,1H3,(H,27,28,29). The van der Waals surface area contributed by atoms with Crippen LogP contribution in [0.15, 0.2) is 11.5 Å². The summed E-state index contributed by atoms with van der Waals surface area (Å²) in [5.41, 5.74) is 0.